The molecule has 0 aliphatic carbocycles. The summed E-state index contributed by atoms with van der Waals surface area (Å²) in [4.78, 5) is 37.5. The number of aromatic amines is 1. The van der Waals surface area contributed by atoms with E-state index in [1.807, 2.05) is 37.6 Å². The van der Waals surface area contributed by atoms with Crippen LogP contribution in [0.5, 0.6) is 0 Å². The number of amides is 1. The highest BCUT2D eigenvalue weighted by Gasteiger charge is 2.34. The second-order valence-electron chi connectivity index (χ2n) is 12.0. The zero-order chi connectivity index (χ0) is 31.2. The number of hydrogen-bond donors (Lipinski definition) is 3. The quantitative estimate of drug-likeness (QED) is 0.154. The largest absolute Gasteiger partial charge is 0.351 e. The number of unbranched alkanes of at least 4 members (excludes halogenated alkanes) is 1. The highest BCUT2D eigenvalue weighted by molar-refractivity contribution is 6.00. The van der Waals surface area contributed by atoms with E-state index in [0.29, 0.717) is 17.9 Å². The van der Waals surface area contributed by atoms with E-state index in [-0.39, 0.29) is 18.0 Å². The van der Waals surface area contributed by atoms with Crippen LogP contribution in [0.2, 0.25) is 0 Å². The van der Waals surface area contributed by atoms with Crippen molar-refractivity contribution in [3.05, 3.63) is 107 Å². The van der Waals surface area contributed by atoms with Crippen LogP contribution in [-0.4, -0.2) is 55.9 Å². The SMILES string of the molecule is CNCc1ccc(-c2ncnc3[nH]c(C(=O)NCCCCN4C(c5ncccc5C)CCCC4c4ncccc4C)cc23)cc1. The molecule has 1 aliphatic rings. The number of aryl methyl sites for hydroxylation is 2. The summed E-state index contributed by atoms with van der Waals surface area (Å²) in [5, 5.41) is 7.12. The molecule has 5 aromatic rings. The number of likely N-dealkylation sites (tertiary alicyclic amines) is 1. The summed E-state index contributed by atoms with van der Waals surface area (Å²) >= 11 is 0. The van der Waals surface area contributed by atoms with Gasteiger partial charge in [0.15, 0.2) is 0 Å². The number of hydrogen-bond acceptors (Lipinski definition) is 7. The number of piperidine rings is 1. The molecule has 45 heavy (non-hydrogen) atoms. The number of fused-ring (bicyclic) bond motifs is 1. The summed E-state index contributed by atoms with van der Waals surface area (Å²) in [5.74, 6) is -0.134. The molecule has 1 fully saturated rings. The molecule has 6 rings (SSSR count). The lowest BCUT2D eigenvalue weighted by atomic mass is 9.88. The Hall–Kier alpha value is -4.47. The third kappa shape index (κ3) is 6.79. The minimum absolute atomic E-state index is 0.134. The van der Waals surface area contributed by atoms with E-state index in [1.165, 1.54) is 34.4 Å². The zero-order valence-electron chi connectivity index (χ0n) is 26.4. The maximum absolute atomic E-state index is 13.2. The van der Waals surface area contributed by atoms with Crippen LogP contribution in [0.1, 0.15) is 82.8 Å². The number of pyridine rings is 2. The maximum Gasteiger partial charge on any atom is 0.267 e. The van der Waals surface area contributed by atoms with Gasteiger partial charge in [-0.15, -0.1) is 0 Å². The Balaban J connectivity index is 1.11. The topological polar surface area (TPSA) is 112 Å². The van der Waals surface area contributed by atoms with Crippen LogP contribution < -0.4 is 10.6 Å². The first-order chi connectivity index (χ1) is 22.0. The van der Waals surface area contributed by atoms with Crippen LogP contribution in [0, 0.1) is 13.8 Å². The van der Waals surface area contributed by atoms with Gasteiger partial charge in [0, 0.05) is 36.4 Å². The van der Waals surface area contributed by atoms with Crippen LogP contribution in [-0.2, 0) is 6.54 Å². The van der Waals surface area contributed by atoms with Crippen molar-refractivity contribution in [2.75, 3.05) is 20.1 Å². The van der Waals surface area contributed by atoms with Gasteiger partial charge in [0.05, 0.1) is 29.2 Å². The molecule has 3 N–H and O–H groups in total. The molecular weight excluding hydrogens is 560 g/mol. The van der Waals surface area contributed by atoms with Gasteiger partial charge in [0.2, 0.25) is 0 Å². The molecule has 2 atom stereocenters. The Morgan fingerprint density at radius 1 is 0.911 bits per heavy atom. The number of rotatable bonds is 11. The van der Waals surface area contributed by atoms with Crippen molar-refractivity contribution < 1.29 is 4.79 Å². The Labute approximate surface area is 264 Å². The molecule has 232 valence electrons. The number of aromatic nitrogens is 5. The lowest BCUT2D eigenvalue weighted by molar-refractivity contribution is 0.0740. The van der Waals surface area contributed by atoms with Crippen LogP contribution >= 0.6 is 0 Å². The second kappa shape index (κ2) is 14.1. The number of nitrogens with zero attached hydrogens (tertiary/aromatic N) is 5. The number of H-pyrrole nitrogens is 1. The van der Waals surface area contributed by atoms with Gasteiger partial charge in [-0.05, 0) is 94.4 Å². The lowest BCUT2D eigenvalue weighted by Gasteiger charge is -2.42. The fourth-order valence-corrected chi connectivity index (χ4v) is 6.64. The average Bonchev–Trinajstić information content (AvgIpc) is 3.51. The van der Waals surface area contributed by atoms with Crippen molar-refractivity contribution in [2.45, 2.75) is 64.6 Å². The van der Waals surface area contributed by atoms with E-state index in [2.05, 4.69) is 80.7 Å². The molecule has 1 aromatic carbocycles. The Morgan fingerprint density at radius 3 is 2.24 bits per heavy atom. The molecule has 4 aromatic heterocycles. The smallest absolute Gasteiger partial charge is 0.267 e. The lowest BCUT2D eigenvalue weighted by Crippen LogP contribution is -2.38. The first-order valence-corrected chi connectivity index (χ1v) is 16.0. The molecule has 1 saturated heterocycles. The van der Waals surface area contributed by atoms with E-state index in [1.54, 1.807) is 0 Å². The summed E-state index contributed by atoms with van der Waals surface area (Å²) in [6.45, 7) is 6.63. The van der Waals surface area contributed by atoms with Crippen LogP contribution in [0.25, 0.3) is 22.3 Å². The first-order valence-electron chi connectivity index (χ1n) is 16.0. The molecule has 1 amide bonds. The van der Waals surface area contributed by atoms with Gasteiger partial charge < -0.3 is 15.6 Å². The highest BCUT2D eigenvalue weighted by atomic mass is 16.1. The molecule has 2 unspecified atom stereocenters. The van der Waals surface area contributed by atoms with Crippen molar-refractivity contribution in [1.29, 1.82) is 0 Å². The van der Waals surface area contributed by atoms with E-state index < -0.39 is 0 Å². The van der Waals surface area contributed by atoms with Gasteiger partial charge >= 0.3 is 0 Å². The molecule has 9 nitrogen and oxygen atoms in total. The predicted octanol–water partition coefficient (Wildman–Crippen LogP) is 6.23. The summed E-state index contributed by atoms with van der Waals surface area (Å²) in [6.07, 6.45) is 10.5. The van der Waals surface area contributed by atoms with Crippen molar-refractivity contribution in [2.24, 2.45) is 0 Å². The van der Waals surface area contributed by atoms with Gasteiger partial charge in [0.25, 0.3) is 5.91 Å². The molecule has 5 heterocycles. The number of nitrogens with one attached hydrogen (secondary N) is 3. The number of benzene rings is 1. The zero-order valence-corrected chi connectivity index (χ0v) is 26.4. The fourth-order valence-electron chi connectivity index (χ4n) is 6.64. The van der Waals surface area contributed by atoms with E-state index in [4.69, 9.17) is 9.97 Å². The molecular formula is C36H42N8O. The average molecular weight is 603 g/mol. The molecule has 9 heteroatoms. The third-order valence-electron chi connectivity index (χ3n) is 8.89. The predicted molar refractivity (Wildman–Crippen MR) is 178 cm³/mol. The summed E-state index contributed by atoms with van der Waals surface area (Å²) in [7, 11) is 1.93. The number of carbonyl (C=O) groups is 1. The van der Waals surface area contributed by atoms with Crippen molar-refractivity contribution in [3.8, 4) is 11.3 Å². The second-order valence-corrected chi connectivity index (χ2v) is 12.0. The van der Waals surface area contributed by atoms with Crippen molar-refractivity contribution in [1.82, 2.24) is 40.5 Å². The minimum atomic E-state index is -0.134. The van der Waals surface area contributed by atoms with Gasteiger partial charge in [-0.2, -0.15) is 0 Å². The summed E-state index contributed by atoms with van der Waals surface area (Å²) in [5.41, 5.74) is 8.94. The van der Waals surface area contributed by atoms with Crippen molar-refractivity contribution >= 4 is 16.9 Å². The van der Waals surface area contributed by atoms with E-state index in [0.717, 1.165) is 61.8 Å². The summed E-state index contributed by atoms with van der Waals surface area (Å²) < 4.78 is 0. The first kappa shape index (κ1) is 30.6. The monoisotopic (exact) mass is 602 g/mol. The third-order valence-corrected chi connectivity index (χ3v) is 8.89. The fraction of sp³-hybridized carbons (Fsp3) is 0.361. The molecule has 0 radical (unpaired) electrons. The van der Waals surface area contributed by atoms with E-state index >= 15 is 0 Å². The van der Waals surface area contributed by atoms with Gasteiger partial charge in [-0.1, -0.05) is 36.4 Å². The highest BCUT2D eigenvalue weighted by Crippen LogP contribution is 2.42. The van der Waals surface area contributed by atoms with Gasteiger partial charge in [-0.25, -0.2) is 9.97 Å². The molecule has 0 saturated carbocycles. The van der Waals surface area contributed by atoms with Crippen LogP contribution in [0.15, 0.2) is 73.3 Å². The molecule has 0 bridgehead atoms. The number of carbonyl (C=O) groups excluding carboxylic acids is 1. The Bertz CT molecular complexity index is 1690. The van der Waals surface area contributed by atoms with Crippen molar-refractivity contribution in [3.63, 3.8) is 0 Å². The van der Waals surface area contributed by atoms with E-state index in [9.17, 15) is 4.79 Å². The molecule has 0 spiro atoms. The maximum atomic E-state index is 13.2. The normalized spacial score (nSPS) is 17.0. The van der Waals surface area contributed by atoms with Gasteiger partial charge in [-0.3, -0.25) is 19.7 Å². The standard InChI is InChI=1S/C36H42N8O/c1-24-9-7-18-38-32(24)30-11-6-12-31(33-25(2)10-8-19-39-33)44(30)20-5-4-17-40-36(45)29-21-28-34(41-23-42-35(28)43-29)27-15-13-26(14-16-27)22-37-3/h7-10,13-16,18-19,21,23,30-31,37H,4-6,11-12,17,20,22H2,1-3H3,(H,40,45)(H,41,42,43). The Kier molecular flexibility index (Phi) is 9.57. The minimum Gasteiger partial charge on any atom is -0.351 e. The van der Waals surface area contributed by atoms with Gasteiger partial charge in [0.1, 0.15) is 17.7 Å². The van der Waals surface area contributed by atoms with Crippen LogP contribution in [0.4, 0.5) is 0 Å². The van der Waals surface area contributed by atoms with Crippen LogP contribution in [0.3, 0.4) is 0 Å². The summed E-state index contributed by atoms with van der Waals surface area (Å²) in [6, 6.07) is 19.0. The Morgan fingerprint density at radius 2 is 1.60 bits per heavy atom. The molecule has 1 aliphatic heterocycles.